The Labute approximate surface area is 113 Å². The predicted octanol–water partition coefficient (Wildman–Crippen LogP) is 1.16. The molecule has 1 fully saturated rings. The quantitative estimate of drug-likeness (QED) is 0.780. The molecule has 5 nitrogen and oxygen atoms in total. The van der Waals surface area contributed by atoms with Gasteiger partial charge in [-0.2, -0.15) is 0 Å². The molecule has 3 N–H and O–H groups in total. The van der Waals surface area contributed by atoms with Crippen LogP contribution >= 0.6 is 15.9 Å². The molecule has 0 bridgehead atoms. The van der Waals surface area contributed by atoms with E-state index in [1.165, 1.54) is 12.1 Å². The van der Waals surface area contributed by atoms with Gasteiger partial charge in [-0.25, -0.2) is 0 Å². The zero-order valence-corrected chi connectivity index (χ0v) is 11.2. The van der Waals surface area contributed by atoms with Gasteiger partial charge in [0.05, 0.1) is 12.1 Å². The van der Waals surface area contributed by atoms with Crippen LogP contribution in [-0.2, 0) is 4.79 Å². The maximum Gasteiger partial charge on any atom is 0.255 e. The summed E-state index contributed by atoms with van der Waals surface area (Å²) >= 11 is 3.19. The second-order valence-electron chi connectivity index (χ2n) is 4.19. The van der Waals surface area contributed by atoms with Crippen LogP contribution < -0.4 is 10.6 Å². The van der Waals surface area contributed by atoms with E-state index in [1.807, 2.05) is 0 Å². The number of halogens is 1. The molecule has 0 saturated heterocycles. The number of amides is 2. The van der Waals surface area contributed by atoms with Crippen LogP contribution in [0.25, 0.3) is 0 Å². The minimum Gasteiger partial charge on any atom is -0.507 e. The fraction of sp³-hybridized carbons (Fsp3) is 0.333. The van der Waals surface area contributed by atoms with Gasteiger partial charge in [-0.3, -0.25) is 9.59 Å². The number of rotatable bonds is 4. The average molecular weight is 313 g/mol. The van der Waals surface area contributed by atoms with Crippen LogP contribution in [0.2, 0.25) is 0 Å². The lowest BCUT2D eigenvalue weighted by atomic mass is 10.2. The molecule has 96 valence electrons. The summed E-state index contributed by atoms with van der Waals surface area (Å²) in [6.07, 6.45) is 2.01. The van der Waals surface area contributed by atoms with Crippen LogP contribution in [0.4, 0.5) is 0 Å². The highest BCUT2D eigenvalue weighted by Crippen LogP contribution is 2.22. The van der Waals surface area contributed by atoms with Crippen molar-refractivity contribution in [2.24, 2.45) is 0 Å². The standard InChI is InChI=1S/C12H13BrN2O3/c13-7-1-4-9(10(16)5-7)12(18)14-6-11(17)15-8-2-3-8/h1,4-5,8,16H,2-3,6H2,(H,14,18)(H,15,17). The molecule has 0 heterocycles. The van der Waals surface area contributed by atoms with Gasteiger partial charge in [0.25, 0.3) is 5.91 Å². The Morgan fingerprint density at radius 2 is 2.11 bits per heavy atom. The fourth-order valence-corrected chi connectivity index (χ4v) is 1.81. The van der Waals surface area contributed by atoms with E-state index in [4.69, 9.17) is 0 Å². The number of carbonyl (C=O) groups excluding carboxylic acids is 2. The summed E-state index contributed by atoms with van der Waals surface area (Å²) in [4.78, 5) is 23.1. The zero-order valence-electron chi connectivity index (χ0n) is 9.57. The summed E-state index contributed by atoms with van der Waals surface area (Å²) in [6.45, 7) is -0.0785. The van der Waals surface area contributed by atoms with Crippen molar-refractivity contribution in [1.29, 1.82) is 0 Å². The Kier molecular flexibility index (Phi) is 3.86. The van der Waals surface area contributed by atoms with E-state index in [9.17, 15) is 14.7 Å². The number of phenolic OH excluding ortho intramolecular Hbond substituents is 1. The van der Waals surface area contributed by atoms with Crippen LogP contribution in [0, 0.1) is 0 Å². The van der Waals surface area contributed by atoms with Crippen molar-refractivity contribution in [3.8, 4) is 5.75 Å². The van der Waals surface area contributed by atoms with E-state index in [0.717, 1.165) is 12.8 Å². The van der Waals surface area contributed by atoms with Gasteiger partial charge in [-0.05, 0) is 31.0 Å². The van der Waals surface area contributed by atoms with Gasteiger partial charge in [-0.1, -0.05) is 15.9 Å². The van der Waals surface area contributed by atoms with E-state index in [1.54, 1.807) is 6.07 Å². The van der Waals surface area contributed by atoms with Crippen LogP contribution in [0.3, 0.4) is 0 Å². The Hall–Kier alpha value is -1.56. The molecule has 18 heavy (non-hydrogen) atoms. The highest BCUT2D eigenvalue weighted by molar-refractivity contribution is 9.10. The lowest BCUT2D eigenvalue weighted by Crippen LogP contribution is -2.37. The van der Waals surface area contributed by atoms with Crippen molar-refractivity contribution < 1.29 is 14.7 Å². The minimum absolute atomic E-state index is 0.0785. The molecule has 0 spiro atoms. The van der Waals surface area contributed by atoms with Gasteiger partial charge in [0.2, 0.25) is 5.91 Å². The van der Waals surface area contributed by atoms with Crippen molar-refractivity contribution >= 4 is 27.7 Å². The zero-order chi connectivity index (χ0) is 13.1. The molecule has 1 aliphatic rings. The summed E-state index contributed by atoms with van der Waals surface area (Å²) in [7, 11) is 0. The molecule has 2 rings (SSSR count). The normalized spacial score (nSPS) is 14.1. The molecule has 1 aromatic carbocycles. The molecule has 0 radical (unpaired) electrons. The van der Waals surface area contributed by atoms with Crippen LogP contribution in [0.15, 0.2) is 22.7 Å². The fourth-order valence-electron chi connectivity index (χ4n) is 1.46. The number of benzene rings is 1. The molecule has 1 saturated carbocycles. The van der Waals surface area contributed by atoms with Gasteiger partial charge in [0.1, 0.15) is 5.75 Å². The largest absolute Gasteiger partial charge is 0.507 e. The van der Waals surface area contributed by atoms with E-state index in [2.05, 4.69) is 26.6 Å². The van der Waals surface area contributed by atoms with E-state index in [0.29, 0.717) is 4.47 Å². The number of hydrogen-bond donors (Lipinski definition) is 3. The number of nitrogens with one attached hydrogen (secondary N) is 2. The van der Waals surface area contributed by atoms with Crippen LogP contribution in [-0.4, -0.2) is 29.5 Å². The monoisotopic (exact) mass is 312 g/mol. The molecule has 0 aromatic heterocycles. The molecule has 6 heteroatoms. The van der Waals surface area contributed by atoms with Crippen molar-refractivity contribution in [3.05, 3.63) is 28.2 Å². The van der Waals surface area contributed by atoms with Crippen molar-refractivity contribution in [2.75, 3.05) is 6.54 Å². The van der Waals surface area contributed by atoms with Crippen molar-refractivity contribution in [2.45, 2.75) is 18.9 Å². The topological polar surface area (TPSA) is 78.4 Å². The van der Waals surface area contributed by atoms with Crippen LogP contribution in [0.5, 0.6) is 5.75 Å². The van der Waals surface area contributed by atoms with Gasteiger partial charge in [-0.15, -0.1) is 0 Å². The number of aromatic hydroxyl groups is 1. The summed E-state index contributed by atoms with van der Waals surface area (Å²) < 4.78 is 0.683. The first-order valence-corrected chi connectivity index (χ1v) is 6.41. The third-order valence-electron chi connectivity index (χ3n) is 2.56. The number of carbonyl (C=O) groups is 2. The smallest absolute Gasteiger partial charge is 0.255 e. The minimum atomic E-state index is -0.467. The molecule has 0 aliphatic heterocycles. The summed E-state index contributed by atoms with van der Waals surface area (Å²) in [6, 6.07) is 4.85. The molecular weight excluding hydrogens is 300 g/mol. The Morgan fingerprint density at radius 3 is 2.72 bits per heavy atom. The average Bonchev–Trinajstić information content (AvgIpc) is 3.10. The maximum atomic E-state index is 11.7. The third kappa shape index (κ3) is 3.46. The molecule has 0 atom stereocenters. The number of phenols is 1. The second-order valence-corrected chi connectivity index (χ2v) is 5.10. The second kappa shape index (κ2) is 5.39. The molecular formula is C12H13BrN2O3. The summed E-state index contributed by atoms with van der Waals surface area (Å²) in [5.74, 6) is -0.794. The highest BCUT2D eigenvalue weighted by Gasteiger charge is 2.23. The third-order valence-corrected chi connectivity index (χ3v) is 3.05. The van der Waals surface area contributed by atoms with Crippen molar-refractivity contribution in [3.63, 3.8) is 0 Å². The van der Waals surface area contributed by atoms with E-state index in [-0.39, 0.29) is 29.8 Å². The van der Waals surface area contributed by atoms with Gasteiger partial charge in [0.15, 0.2) is 0 Å². The summed E-state index contributed by atoms with van der Waals surface area (Å²) in [5.41, 5.74) is 0.150. The maximum absolute atomic E-state index is 11.7. The van der Waals surface area contributed by atoms with Crippen molar-refractivity contribution in [1.82, 2.24) is 10.6 Å². The van der Waals surface area contributed by atoms with Gasteiger partial charge >= 0.3 is 0 Å². The van der Waals surface area contributed by atoms with Gasteiger partial charge < -0.3 is 15.7 Å². The van der Waals surface area contributed by atoms with Gasteiger partial charge in [0, 0.05) is 10.5 Å². The highest BCUT2D eigenvalue weighted by atomic mass is 79.9. The molecule has 1 aliphatic carbocycles. The first-order valence-electron chi connectivity index (χ1n) is 5.62. The molecule has 1 aromatic rings. The Morgan fingerprint density at radius 1 is 1.39 bits per heavy atom. The number of hydrogen-bond acceptors (Lipinski definition) is 3. The first-order chi connectivity index (χ1) is 8.56. The molecule has 0 unspecified atom stereocenters. The molecule has 2 amide bonds. The lowest BCUT2D eigenvalue weighted by molar-refractivity contribution is -0.120. The predicted molar refractivity (Wildman–Crippen MR) is 69.3 cm³/mol. The van der Waals surface area contributed by atoms with E-state index >= 15 is 0 Å². The Balaban J connectivity index is 1.88. The summed E-state index contributed by atoms with van der Waals surface area (Å²) in [5, 5.41) is 14.8. The Bertz CT molecular complexity index is 486. The lowest BCUT2D eigenvalue weighted by Gasteiger charge is -2.07. The SMILES string of the molecule is O=C(CNC(=O)c1ccc(Br)cc1O)NC1CC1. The first kappa shape index (κ1) is 12.9. The van der Waals surface area contributed by atoms with E-state index < -0.39 is 5.91 Å². The van der Waals surface area contributed by atoms with Crippen LogP contribution in [0.1, 0.15) is 23.2 Å².